The number of carbonyl (C=O) groups is 2. The van der Waals surface area contributed by atoms with Gasteiger partial charge in [0.2, 0.25) is 21.8 Å². The zero-order chi connectivity index (χ0) is 29.0. The SMILES string of the molecule is CCCNC(=O)C(Cc1ccccc1)N(Cc1ccccc1)C(=O)CCCN(c1ccccc1OC)S(C)(=O)=O. The van der Waals surface area contributed by atoms with Gasteiger partial charge >= 0.3 is 0 Å². The maximum absolute atomic E-state index is 13.8. The Bertz CT molecular complexity index is 1330. The van der Waals surface area contributed by atoms with Crippen LogP contribution in [0.3, 0.4) is 0 Å². The fraction of sp³-hybridized carbons (Fsp3) is 0.355. The summed E-state index contributed by atoms with van der Waals surface area (Å²) < 4.78 is 32.0. The number of anilines is 1. The minimum absolute atomic E-state index is 0.0698. The van der Waals surface area contributed by atoms with Crippen LogP contribution in [0.2, 0.25) is 0 Å². The molecule has 0 bridgehead atoms. The molecule has 0 aliphatic heterocycles. The number of sulfonamides is 1. The second-order valence-corrected chi connectivity index (χ2v) is 11.5. The van der Waals surface area contributed by atoms with Gasteiger partial charge in [0.05, 0.1) is 19.1 Å². The summed E-state index contributed by atoms with van der Waals surface area (Å²) in [6, 6.07) is 25.4. The van der Waals surface area contributed by atoms with Crippen LogP contribution in [0.25, 0.3) is 0 Å². The molecule has 0 spiro atoms. The molecule has 0 saturated heterocycles. The Hall–Kier alpha value is -3.85. The molecule has 8 nitrogen and oxygen atoms in total. The van der Waals surface area contributed by atoms with Crippen molar-refractivity contribution < 1.29 is 22.7 Å². The number of rotatable bonds is 15. The Kier molecular flexibility index (Phi) is 11.6. The van der Waals surface area contributed by atoms with Crippen molar-refractivity contribution in [1.82, 2.24) is 10.2 Å². The third kappa shape index (κ3) is 8.84. The molecule has 0 saturated carbocycles. The van der Waals surface area contributed by atoms with Crippen LogP contribution >= 0.6 is 0 Å². The monoisotopic (exact) mass is 565 g/mol. The Labute approximate surface area is 238 Å². The smallest absolute Gasteiger partial charge is 0.243 e. The molecular formula is C31H39N3O5S. The molecule has 0 aliphatic carbocycles. The number of nitrogens with zero attached hydrogens (tertiary/aromatic N) is 2. The van der Waals surface area contributed by atoms with Gasteiger partial charge in [-0.3, -0.25) is 13.9 Å². The summed E-state index contributed by atoms with van der Waals surface area (Å²) >= 11 is 0. The van der Waals surface area contributed by atoms with Gasteiger partial charge in [0.1, 0.15) is 11.8 Å². The molecule has 0 radical (unpaired) electrons. The van der Waals surface area contributed by atoms with E-state index in [1.54, 1.807) is 29.2 Å². The van der Waals surface area contributed by atoms with E-state index in [0.29, 0.717) is 24.4 Å². The quantitative estimate of drug-likeness (QED) is 0.295. The van der Waals surface area contributed by atoms with Crippen molar-refractivity contribution in [2.24, 2.45) is 0 Å². The number of amides is 2. The number of benzene rings is 3. The summed E-state index contributed by atoms with van der Waals surface area (Å²) in [7, 11) is -2.15. The first kappa shape index (κ1) is 30.7. The lowest BCUT2D eigenvalue weighted by Crippen LogP contribution is -2.50. The molecule has 0 fully saturated rings. The van der Waals surface area contributed by atoms with Crippen molar-refractivity contribution in [3.63, 3.8) is 0 Å². The zero-order valence-corrected chi connectivity index (χ0v) is 24.3. The van der Waals surface area contributed by atoms with Crippen molar-refractivity contribution in [1.29, 1.82) is 0 Å². The topological polar surface area (TPSA) is 96.0 Å². The van der Waals surface area contributed by atoms with Gasteiger partial charge in [0.25, 0.3) is 0 Å². The highest BCUT2D eigenvalue weighted by Crippen LogP contribution is 2.30. The van der Waals surface area contributed by atoms with Gasteiger partial charge in [-0.05, 0) is 36.1 Å². The number of carbonyl (C=O) groups excluding carboxylic acids is 2. The van der Waals surface area contributed by atoms with Crippen LogP contribution in [-0.2, 0) is 32.6 Å². The summed E-state index contributed by atoms with van der Waals surface area (Å²) in [6.45, 7) is 2.85. The largest absolute Gasteiger partial charge is 0.495 e. The van der Waals surface area contributed by atoms with E-state index in [0.717, 1.165) is 23.8 Å². The van der Waals surface area contributed by atoms with E-state index >= 15 is 0 Å². The molecule has 2 amide bonds. The van der Waals surface area contributed by atoms with Crippen LogP contribution in [0.1, 0.15) is 37.3 Å². The van der Waals surface area contributed by atoms with Crippen LogP contribution in [0, 0.1) is 0 Å². The van der Waals surface area contributed by atoms with Gasteiger partial charge in [-0.2, -0.15) is 0 Å². The molecule has 3 aromatic carbocycles. The molecule has 3 rings (SSSR count). The van der Waals surface area contributed by atoms with E-state index in [2.05, 4.69) is 5.32 Å². The molecule has 40 heavy (non-hydrogen) atoms. The minimum atomic E-state index is -3.63. The summed E-state index contributed by atoms with van der Waals surface area (Å²) in [5.41, 5.74) is 2.27. The third-order valence-electron chi connectivity index (χ3n) is 6.52. The number of hydrogen-bond acceptors (Lipinski definition) is 5. The molecule has 3 aromatic rings. The van der Waals surface area contributed by atoms with Gasteiger partial charge in [-0.15, -0.1) is 0 Å². The van der Waals surface area contributed by atoms with Crippen LogP contribution in [0.5, 0.6) is 5.75 Å². The number of hydrogen-bond donors (Lipinski definition) is 1. The summed E-state index contributed by atoms with van der Waals surface area (Å²) in [5, 5.41) is 2.97. The van der Waals surface area contributed by atoms with E-state index < -0.39 is 16.1 Å². The van der Waals surface area contributed by atoms with E-state index in [9.17, 15) is 18.0 Å². The molecule has 0 aliphatic rings. The van der Waals surface area contributed by atoms with Crippen LogP contribution in [0.4, 0.5) is 5.69 Å². The fourth-order valence-corrected chi connectivity index (χ4v) is 5.49. The second-order valence-electron chi connectivity index (χ2n) is 9.61. The molecular weight excluding hydrogens is 526 g/mol. The Balaban J connectivity index is 1.86. The first-order valence-electron chi connectivity index (χ1n) is 13.5. The Morgan fingerprint density at radius 2 is 1.50 bits per heavy atom. The van der Waals surface area contributed by atoms with Gasteiger partial charge in [0, 0.05) is 32.5 Å². The minimum Gasteiger partial charge on any atom is -0.495 e. The summed E-state index contributed by atoms with van der Waals surface area (Å²) in [4.78, 5) is 28.8. The first-order valence-corrected chi connectivity index (χ1v) is 15.3. The molecule has 0 aromatic heterocycles. The molecule has 0 heterocycles. The van der Waals surface area contributed by atoms with E-state index in [1.165, 1.54) is 11.4 Å². The highest BCUT2D eigenvalue weighted by Gasteiger charge is 2.30. The zero-order valence-electron chi connectivity index (χ0n) is 23.5. The maximum Gasteiger partial charge on any atom is 0.243 e. The molecule has 1 unspecified atom stereocenters. The summed E-state index contributed by atoms with van der Waals surface area (Å²) in [6.07, 6.45) is 2.62. The van der Waals surface area contributed by atoms with Crippen molar-refractivity contribution >= 4 is 27.5 Å². The van der Waals surface area contributed by atoms with Crippen LogP contribution in [0.15, 0.2) is 84.9 Å². The Morgan fingerprint density at radius 3 is 2.10 bits per heavy atom. The van der Waals surface area contributed by atoms with Crippen molar-refractivity contribution in [3.05, 3.63) is 96.1 Å². The fourth-order valence-electron chi connectivity index (χ4n) is 4.52. The second kappa shape index (κ2) is 15.1. The van der Waals surface area contributed by atoms with E-state index in [-0.39, 0.29) is 37.7 Å². The van der Waals surface area contributed by atoms with E-state index in [1.807, 2.05) is 67.6 Å². The normalized spacial score (nSPS) is 11.9. The summed E-state index contributed by atoms with van der Waals surface area (Å²) in [5.74, 6) is 0.00662. The Morgan fingerprint density at radius 1 is 0.900 bits per heavy atom. The number of methoxy groups -OCH3 is 1. The average Bonchev–Trinajstić information content (AvgIpc) is 2.96. The highest BCUT2D eigenvalue weighted by molar-refractivity contribution is 7.92. The lowest BCUT2D eigenvalue weighted by molar-refractivity contribution is -0.141. The molecule has 1 atom stereocenters. The lowest BCUT2D eigenvalue weighted by atomic mass is 10.0. The third-order valence-corrected chi connectivity index (χ3v) is 7.70. The van der Waals surface area contributed by atoms with Crippen LogP contribution < -0.4 is 14.4 Å². The van der Waals surface area contributed by atoms with Gasteiger partial charge in [-0.1, -0.05) is 79.7 Å². The number of ether oxygens (including phenoxy) is 1. The molecule has 214 valence electrons. The van der Waals surface area contributed by atoms with Crippen molar-refractivity contribution in [2.45, 2.75) is 45.2 Å². The van der Waals surface area contributed by atoms with Crippen molar-refractivity contribution in [3.8, 4) is 5.75 Å². The predicted molar refractivity (Wildman–Crippen MR) is 159 cm³/mol. The standard InChI is InChI=1S/C31H39N3O5S/c1-4-21-32-31(36)28(23-25-14-7-5-8-15-25)33(24-26-16-9-6-10-17-26)30(35)20-13-22-34(40(3,37)38)27-18-11-12-19-29(27)39-2/h5-12,14-19,28H,4,13,20-24H2,1-3H3,(H,32,36). The van der Waals surface area contributed by atoms with E-state index in [4.69, 9.17) is 4.74 Å². The maximum atomic E-state index is 13.8. The predicted octanol–water partition coefficient (Wildman–Crippen LogP) is 4.41. The number of nitrogens with one attached hydrogen (secondary N) is 1. The van der Waals surface area contributed by atoms with Gasteiger partial charge in [0.15, 0.2) is 0 Å². The average molecular weight is 566 g/mol. The first-order chi connectivity index (χ1) is 19.2. The van der Waals surface area contributed by atoms with Gasteiger partial charge in [-0.25, -0.2) is 8.42 Å². The number of para-hydroxylation sites is 2. The highest BCUT2D eigenvalue weighted by atomic mass is 32.2. The van der Waals surface area contributed by atoms with Crippen molar-refractivity contribution in [2.75, 3.05) is 30.8 Å². The van der Waals surface area contributed by atoms with Crippen LogP contribution in [-0.4, -0.2) is 57.6 Å². The molecule has 1 N–H and O–H groups in total. The lowest BCUT2D eigenvalue weighted by Gasteiger charge is -2.32. The molecule has 9 heteroatoms. The van der Waals surface area contributed by atoms with Gasteiger partial charge < -0.3 is 15.0 Å².